The van der Waals surface area contributed by atoms with Crippen molar-refractivity contribution in [2.75, 3.05) is 0 Å². The molecular formula is C5H3N5O. The van der Waals surface area contributed by atoms with E-state index in [-0.39, 0.29) is 5.52 Å². The summed E-state index contributed by atoms with van der Waals surface area (Å²) in [6, 6.07) is 0. The van der Waals surface area contributed by atoms with Crippen LogP contribution in [0.1, 0.15) is 0 Å². The first-order valence-corrected chi connectivity index (χ1v) is 2.89. The Kier molecular flexibility index (Phi) is 1.12. The van der Waals surface area contributed by atoms with E-state index in [0.29, 0.717) is 5.52 Å². The average molecular weight is 149 g/mol. The molecule has 0 amide bonds. The monoisotopic (exact) mass is 149 g/mol. The van der Waals surface area contributed by atoms with E-state index < -0.39 is 5.56 Å². The standard InChI is InChI=1S/C5H3N5O/c11-5-4-3(8-10-9-4)1-6-2-7-5/h1-2H,(H,8,9,10). The third-order valence-electron chi connectivity index (χ3n) is 1.22. The van der Waals surface area contributed by atoms with E-state index in [2.05, 4.69) is 25.4 Å². The highest BCUT2D eigenvalue weighted by Gasteiger charge is 1.98. The predicted octanol–water partition coefficient (Wildman–Crippen LogP) is -0.892. The Morgan fingerprint density at radius 1 is 1.36 bits per heavy atom. The second-order valence-electron chi connectivity index (χ2n) is 1.89. The molecule has 0 fully saturated rings. The third kappa shape index (κ3) is 0.841. The maximum atomic E-state index is 11.0. The van der Waals surface area contributed by atoms with E-state index >= 15 is 0 Å². The number of hydrogen-bond acceptors (Lipinski definition) is 5. The number of hydrogen-bond donors (Lipinski definition) is 1. The number of rotatable bonds is 0. The van der Waals surface area contributed by atoms with Crippen molar-refractivity contribution < 1.29 is 0 Å². The number of H-pyrrole nitrogens is 1. The minimum absolute atomic E-state index is 0.211. The van der Waals surface area contributed by atoms with Crippen molar-refractivity contribution in [3.63, 3.8) is 0 Å². The van der Waals surface area contributed by atoms with Gasteiger partial charge in [-0.3, -0.25) is 4.79 Å². The molecule has 0 unspecified atom stereocenters. The summed E-state index contributed by atoms with van der Waals surface area (Å²) in [5, 5.41) is 9.60. The number of aromatic amines is 1. The Hall–Kier alpha value is -1.85. The second kappa shape index (κ2) is 2.08. The largest absolute Gasteiger partial charge is 0.301 e. The smallest absolute Gasteiger partial charge is 0.265 e. The molecule has 6 heteroatoms. The van der Waals surface area contributed by atoms with Gasteiger partial charge in [0.25, 0.3) is 0 Å². The molecule has 0 aliphatic carbocycles. The summed E-state index contributed by atoms with van der Waals surface area (Å²) in [5.41, 5.74) is 0.209. The molecule has 0 saturated carbocycles. The van der Waals surface area contributed by atoms with Gasteiger partial charge in [-0.05, 0) is 0 Å². The summed E-state index contributed by atoms with van der Waals surface area (Å²) in [6.45, 7) is 0. The fourth-order valence-electron chi connectivity index (χ4n) is 0.737. The molecule has 0 aromatic carbocycles. The molecule has 54 valence electrons. The summed E-state index contributed by atoms with van der Waals surface area (Å²) in [7, 11) is 0. The lowest BCUT2D eigenvalue weighted by atomic mass is 10.5. The van der Waals surface area contributed by atoms with E-state index in [1.165, 1.54) is 12.5 Å². The van der Waals surface area contributed by atoms with Crippen LogP contribution in [0.3, 0.4) is 0 Å². The SMILES string of the molecule is O=c1ncncc2n[nH]nc12. The van der Waals surface area contributed by atoms with Crippen LogP contribution in [-0.2, 0) is 0 Å². The lowest BCUT2D eigenvalue weighted by molar-refractivity contribution is 0.953. The highest BCUT2D eigenvalue weighted by atomic mass is 16.1. The number of fused-ring (bicyclic) bond motifs is 1. The van der Waals surface area contributed by atoms with Crippen LogP contribution in [0.15, 0.2) is 17.3 Å². The van der Waals surface area contributed by atoms with Gasteiger partial charge in [-0.2, -0.15) is 20.4 Å². The van der Waals surface area contributed by atoms with Gasteiger partial charge in [-0.1, -0.05) is 0 Å². The van der Waals surface area contributed by atoms with Crippen LogP contribution in [0, 0.1) is 0 Å². The predicted molar refractivity (Wildman–Crippen MR) is 35.7 cm³/mol. The quantitative estimate of drug-likeness (QED) is 0.525. The molecule has 6 nitrogen and oxygen atoms in total. The van der Waals surface area contributed by atoms with Crippen LogP contribution in [0.4, 0.5) is 0 Å². The number of nitrogens with zero attached hydrogens (tertiary/aromatic N) is 4. The van der Waals surface area contributed by atoms with Gasteiger partial charge in [0.05, 0.1) is 6.20 Å². The lowest BCUT2D eigenvalue weighted by Gasteiger charge is -1.66. The van der Waals surface area contributed by atoms with Crippen LogP contribution < -0.4 is 5.56 Å². The zero-order chi connectivity index (χ0) is 7.68. The molecule has 11 heavy (non-hydrogen) atoms. The second-order valence-corrected chi connectivity index (χ2v) is 1.89. The first-order valence-electron chi connectivity index (χ1n) is 2.89. The van der Waals surface area contributed by atoms with Crippen molar-refractivity contribution in [2.24, 2.45) is 0 Å². The van der Waals surface area contributed by atoms with Gasteiger partial charge in [0.15, 0.2) is 5.52 Å². The van der Waals surface area contributed by atoms with Crippen LogP contribution in [-0.4, -0.2) is 25.4 Å². The van der Waals surface area contributed by atoms with Crippen molar-refractivity contribution in [3.8, 4) is 0 Å². The summed E-state index contributed by atoms with van der Waals surface area (Å²) in [5.74, 6) is 0. The molecule has 0 aliphatic rings. The van der Waals surface area contributed by atoms with E-state index in [0.717, 1.165) is 0 Å². The fraction of sp³-hybridized carbons (Fsp3) is 0. The van der Waals surface area contributed by atoms with Crippen LogP contribution >= 0.6 is 0 Å². The molecular weight excluding hydrogens is 146 g/mol. The van der Waals surface area contributed by atoms with E-state index in [1.807, 2.05) is 0 Å². The Labute approximate surface area is 60.3 Å². The van der Waals surface area contributed by atoms with Crippen molar-refractivity contribution in [3.05, 3.63) is 22.9 Å². The van der Waals surface area contributed by atoms with Crippen molar-refractivity contribution in [2.45, 2.75) is 0 Å². The highest BCUT2D eigenvalue weighted by Crippen LogP contribution is 1.94. The fourth-order valence-corrected chi connectivity index (χ4v) is 0.737. The molecule has 2 heterocycles. The third-order valence-corrected chi connectivity index (χ3v) is 1.22. The molecule has 0 aliphatic heterocycles. The van der Waals surface area contributed by atoms with Gasteiger partial charge >= 0.3 is 5.56 Å². The summed E-state index contributed by atoms with van der Waals surface area (Å²) < 4.78 is 0. The molecule has 2 aromatic rings. The lowest BCUT2D eigenvalue weighted by Crippen LogP contribution is -2.01. The number of aromatic nitrogens is 5. The highest BCUT2D eigenvalue weighted by molar-refractivity contribution is 5.69. The molecule has 0 spiro atoms. The Bertz CT molecular complexity index is 436. The molecule has 0 saturated heterocycles. The van der Waals surface area contributed by atoms with E-state index in [9.17, 15) is 4.79 Å². The average Bonchev–Trinajstić information content (AvgIpc) is 2.40. The van der Waals surface area contributed by atoms with E-state index in [1.54, 1.807) is 0 Å². The zero-order valence-electron chi connectivity index (χ0n) is 5.35. The van der Waals surface area contributed by atoms with Gasteiger partial charge in [0.2, 0.25) is 0 Å². The van der Waals surface area contributed by atoms with Gasteiger partial charge in [-0.15, -0.1) is 0 Å². The normalized spacial score (nSPS) is 10.2. The molecule has 0 radical (unpaired) electrons. The summed E-state index contributed by atoms with van der Waals surface area (Å²) in [4.78, 5) is 18.1. The Balaban J connectivity index is 3.09. The molecule has 0 atom stereocenters. The first-order chi connectivity index (χ1) is 5.38. The van der Waals surface area contributed by atoms with Crippen molar-refractivity contribution in [1.29, 1.82) is 0 Å². The number of nitrogens with one attached hydrogen (secondary N) is 1. The topological polar surface area (TPSA) is 84.4 Å². The molecule has 2 rings (SSSR count). The van der Waals surface area contributed by atoms with Crippen molar-refractivity contribution in [1.82, 2.24) is 25.4 Å². The summed E-state index contributed by atoms with van der Waals surface area (Å²) in [6.07, 6.45) is 2.60. The van der Waals surface area contributed by atoms with Crippen LogP contribution in [0.25, 0.3) is 11.0 Å². The molecule has 2 aromatic heterocycles. The molecule has 0 bridgehead atoms. The van der Waals surface area contributed by atoms with Crippen LogP contribution in [0.2, 0.25) is 0 Å². The van der Waals surface area contributed by atoms with Gasteiger partial charge in [0, 0.05) is 0 Å². The Morgan fingerprint density at radius 3 is 3.18 bits per heavy atom. The zero-order valence-corrected chi connectivity index (χ0v) is 5.35. The first kappa shape index (κ1) is 5.90. The van der Waals surface area contributed by atoms with Crippen molar-refractivity contribution >= 4 is 11.0 Å². The maximum Gasteiger partial charge on any atom is 0.301 e. The van der Waals surface area contributed by atoms with Gasteiger partial charge < -0.3 is 0 Å². The molecule has 1 N–H and O–H groups in total. The maximum absolute atomic E-state index is 11.0. The van der Waals surface area contributed by atoms with Gasteiger partial charge in [-0.25, -0.2) is 4.98 Å². The minimum Gasteiger partial charge on any atom is -0.265 e. The van der Waals surface area contributed by atoms with Crippen LogP contribution in [0.5, 0.6) is 0 Å². The summed E-state index contributed by atoms with van der Waals surface area (Å²) >= 11 is 0. The van der Waals surface area contributed by atoms with Gasteiger partial charge in [0.1, 0.15) is 11.8 Å². The van der Waals surface area contributed by atoms with E-state index in [4.69, 9.17) is 0 Å². The Morgan fingerprint density at radius 2 is 2.27 bits per heavy atom. The minimum atomic E-state index is -0.425.